The van der Waals surface area contributed by atoms with E-state index in [0.29, 0.717) is 6.04 Å². The van der Waals surface area contributed by atoms with Gasteiger partial charge in [0.05, 0.1) is 6.04 Å². The minimum Gasteiger partial charge on any atom is -0.350 e. The molecule has 94 valence electrons. The topological polar surface area (TPSA) is 41.1 Å². The van der Waals surface area contributed by atoms with Crippen LogP contribution < -0.4 is 10.6 Å². The first-order valence-corrected chi connectivity index (χ1v) is 6.44. The Bertz CT molecular complexity index is 246. The van der Waals surface area contributed by atoms with Gasteiger partial charge < -0.3 is 10.6 Å². The maximum atomic E-state index is 11.9. The lowest BCUT2D eigenvalue weighted by atomic mass is 10.0. The van der Waals surface area contributed by atoms with Crippen molar-refractivity contribution in [1.82, 2.24) is 10.6 Å². The van der Waals surface area contributed by atoms with Crippen molar-refractivity contribution in [3.8, 4) is 0 Å². The Kier molecular flexibility index (Phi) is 4.36. The van der Waals surface area contributed by atoms with E-state index in [-0.39, 0.29) is 17.5 Å². The smallest absolute Gasteiger partial charge is 0.237 e. The van der Waals surface area contributed by atoms with E-state index in [4.69, 9.17) is 0 Å². The fourth-order valence-electron chi connectivity index (χ4n) is 1.73. The van der Waals surface area contributed by atoms with E-state index < -0.39 is 0 Å². The highest BCUT2D eigenvalue weighted by molar-refractivity contribution is 5.82. The van der Waals surface area contributed by atoms with Gasteiger partial charge in [-0.25, -0.2) is 0 Å². The highest BCUT2D eigenvalue weighted by Crippen LogP contribution is 2.32. The quantitative estimate of drug-likeness (QED) is 0.728. The zero-order valence-electron chi connectivity index (χ0n) is 11.3. The maximum Gasteiger partial charge on any atom is 0.237 e. The molecule has 2 atom stereocenters. The molecule has 16 heavy (non-hydrogen) atoms. The Morgan fingerprint density at radius 1 is 1.38 bits per heavy atom. The normalized spacial score (nSPS) is 20.3. The van der Waals surface area contributed by atoms with Crippen molar-refractivity contribution in [3.63, 3.8) is 0 Å². The molecule has 3 heteroatoms. The summed E-state index contributed by atoms with van der Waals surface area (Å²) in [6.45, 7) is 10.3. The number of nitrogens with one attached hydrogen (secondary N) is 2. The maximum absolute atomic E-state index is 11.9. The average Bonchev–Trinajstić information content (AvgIpc) is 3.00. The second kappa shape index (κ2) is 5.17. The Morgan fingerprint density at radius 2 is 1.94 bits per heavy atom. The van der Waals surface area contributed by atoms with Crippen LogP contribution in [0.5, 0.6) is 0 Å². The largest absolute Gasteiger partial charge is 0.350 e. The third kappa shape index (κ3) is 4.12. The number of rotatable bonds is 6. The minimum atomic E-state index is -0.101. The standard InChI is InChI=1S/C13H26N2O/c1-6-13(4,5)15-12(16)10(3)14-9(2)11-7-8-11/h9-11,14H,6-8H2,1-5H3,(H,15,16). The Hall–Kier alpha value is -0.570. The fourth-order valence-corrected chi connectivity index (χ4v) is 1.73. The van der Waals surface area contributed by atoms with Crippen molar-refractivity contribution in [2.75, 3.05) is 0 Å². The lowest BCUT2D eigenvalue weighted by Gasteiger charge is -2.28. The lowest BCUT2D eigenvalue weighted by molar-refractivity contribution is -0.124. The first kappa shape index (κ1) is 13.5. The molecular formula is C13H26N2O. The van der Waals surface area contributed by atoms with E-state index in [1.54, 1.807) is 0 Å². The third-order valence-electron chi connectivity index (χ3n) is 3.58. The second-order valence-electron chi connectivity index (χ2n) is 5.74. The predicted molar refractivity (Wildman–Crippen MR) is 67.3 cm³/mol. The molecule has 1 fully saturated rings. The van der Waals surface area contributed by atoms with Crippen molar-refractivity contribution < 1.29 is 4.79 Å². The first-order chi connectivity index (χ1) is 7.35. The van der Waals surface area contributed by atoms with Crippen LogP contribution in [0.2, 0.25) is 0 Å². The molecule has 0 aromatic carbocycles. The summed E-state index contributed by atoms with van der Waals surface area (Å²) in [5.74, 6) is 0.897. The number of carbonyl (C=O) groups excluding carboxylic acids is 1. The van der Waals surface area contributed by atoms with E-state index in [9.17, 15) is 4.79 Å². The molecule has 1 aliphatic rings. The van der Waals surface area contributed by atoms with Crippen LogP contribution >= 0.6 is 0 Å². The molecular weight excluding hydrogens is 200 g/mol. The summed E-state index contributed by atoms with van der Waals surface area (Å²) in [6.07, 6.45) is 3.57. The first-order valence-electron chi connectivity index (χ1n) is 6.44. The van der Waals surface area contributed by atoms with Crippen molar-refractivity contribution in [1.29, 1.82) is 0 Å². The summed E-state index contributed by atoms with van der Waals surface area (Å²) in [7, 11) is 0. The summed E-state index contributed by atoms with van der Waals surface area (Å²) in [4.78, 5) is 11.9. The van der Waals surface area contributed by atoms with Gasteiger partial charge in [0.25, 0.3) is 0 Å². The average molecular weight is 226 g/mol. The van der Waals surface area contributed by atoms with Crippen LogP contribution in [-0.2, 0) is 4.79 Å². The van der Waals surface area contributed by atoms with Crippen molar-refractivity contribution in [2.45, 2.75) is 71.5 Å². The molecule has 1 saturated carbocycles. The monoisotopic (exact) mass is 226 g/mol. The molecule has 0 aliphatic heterocycles. The van der Waals surface area contributed by atoms with Crippen molar-refractivity contribution >= 4 is 5.91 Å². The molecule has 1 aliphatic carbocycles. The summed E-state index contributed by atoms with van der Waals surface area (Å²) in [5.41, 5.74) is -0.101. The lowest BCUT2D eigenvalue weighted by Crippen LogP contribution is -2.52. The predicted octanol–water partition coefficient (Wildman–Crippen LogP) is 2.07. The van der Waals surface area contributed by atoms with Crippen LogP contribution in [0, 0.1) is 5.92 Å². The van der Waals surface area contributed by atoms with E-state index in [2.05, 4.69) is 38.3 Å². The van der Waals surface area contributed by atoms with Crippen molar-refractivity contribution in [3.05, 3.63) is 0 Å². The van der Waals surface area contributed by atoms with E-state index in [1.807, 2.05) is 6.92 Å². The van der Waals surface area contributed by atoms with Crippen LogP contribution in [0.3, 0.4) is 0 Å². The molecule has 0 bridgehead atoms. The van der Waals surface area contributed by atoms with Gasteiger partial charge in [0, 0.05) is 11.6 Å². The Balaban J connectivity index is 2.34. The van der Waals surface area contributed by atoms with Crippen LogP contribution in [-0.4, -0.2) is 23.5 Å². The van der Waals surface area contributed by atoms with Crippen molar-refractivity contribution in [2.24, 2.45) is 5.92 Å². The van der Waals surface area contributed by atoms with Crippen LogP contribution in [0.15, 0.2) is 0 Å². The SMILES string of the molecule is CCC(C)(C)NC(=O)C(C)NC(C)C1CC1. The van der Waals surface area contributed by atoms with Gasteiger partial charge in [0.15, 0.2) is 0 Å². The highest BCUT2D eigenvalue weighted by Gasteiger charge is 2.30. The van der Waals surface area contributed by atoms with Gasteiger partial charge in [-0.2, -0.15) is 0 Å². The van der Waals surface area contributed by atoms with E-state index in [1.165, 1.54) is 12.8 Å². The van der Waals surface area contributed by atoms with Gasteiger partial charge in [-0.3, -0.25) is 4.79 Å². The number of carbonyl (C=O) groups is 1. The van der Waals surface area contributed by atoms with Gasteiger partial charge >= 0.3 is 0 Å². The molecule has 0 heterocycles. The number of hydrogen-bond donors (Lipinski definition) is 2. The molecule has 1 amide bonds. The molecule has 0 aromatic heterocycles. The summed E-state index contributed by atoms with van der Waals surface area (Å²) < 4.78 is 0. The third-order valence-corrected chi connectivity index (χ3v) is 3.58. The number of amides is 1. The molecule has 2 N–H and O–H groups in total. The zero-order chi connectivity index (χ0) is 12.3. The van der Waals surface area contributed by atoms with Crippen LogP contribution in [0.4, 0.5) is 0 Å². The highest BCUT2D eigenvalue weighted by atomic mass is 16.2. The number of hydrogen-bond acceptors (Lipinski definition) is 2. The Morgan fingerprint density at radius 3 is 2.38 bits per heavy atom. The summed E-state index contributed by atoms with van der Waals surface area (Å²) in [6, 6.07) is 0.368. The van der Waals surface area contributed by atoms with Crippen LogP contribution in [0.25, 0.3) is 0 Å². The molecule has 2 unspecified atom stereocenters. The van der Waals surface area contributed by atoms with Gasteiger partial charge in [0.2, 0.25) is 5.91 Å². The molecule has 0 aromatic rings. The Labute approximate surface area is 99.4 Å². The summed E-state index contributed by atoms with van der Waals surface area (Å²) in [5, 5.41) is 6.45. The summed E-state index contributed by atoms with van der Waals surface area (Å²) >= 11 is 0. The zero-order valence-corrected chi connectivity index (χ0v) is 11.3. The van der Waals surface area contributed by atoms with E-state index in [0.717, 1.165) is 12.3 Å². The molecule has 0 spiro atoms. The molecule has 1 rings (SSSR count). The van der Waals surface area contributed by atoms with E-state index >= 15 is 0 Å². The van der Waals surface area contributed by atoms with Gasteiger partial charge in [0.1, 0.15) is 0 Å². The van der Waals surface area contributed by atoms with Gasteiger partial charge in [-0.05, 0) is 52.9 Å². The van der Waals surface area contributed by atoms with Crippen LogP contribution in [0.1, 0.15) is 53.9 Å². The molecule has 3 nitrogen and oxygen atoms in total. The minimum absolute atomic E-state index is 0.0959. The molecule has 0 radical (unpaired) electrons. The fraction of sp³-hybridized carbons (Fsp3) is 0.923. The van der Waals surface area contributed by atoms with Gasteiger partial charge in [-0.1, -0.05) is 6.92 Å². The van der Waals surface area contributed by atoms with Gasteiger partial charge in [-0.15, -0.1) is 0 Å². The molecule has 0 saturated heterocycles. The second-order valence-corrected chi connectivity index (χ2v) is 5.74.